The largest absolute Gasteiger partial charge is 0.398 e. The summed E-state index contributed by atoms with van der Waals surface area (Å²) in [7, 11) is 0. The molecule has 2 nitrogen and oxygen atoms in total. The number of para-hydroxylation sites is 1. The SMILES string of the molecule is CC(C)(O)Sc1ccccc1N. The summed E-state index contributed by atoms with van der Waals surface area (Å²) in [5.74, 6) is 0. The molecule has 0 spiro atoms. The first-order chi connectivity index (χ1) is 5.49. The van der Waals surface area contributed by atoms with Gasteiger partial charge in [0, 0.05) is 10.6 Å². The van der Waals surface area contributed by atoms with E-state index in [1.54, 1.807) is 13.8 Å². The second kappa shape index (κ2) is 3.37. The van der Waals surface area contributed by atoms with Crippen molar-refractivity contribution in [2.24, 2.45) is 0 Å². The minimum Gasteiger partial charge on any atom is -0.398 e. The molecule has 0 bridgehead atoms. The van der Waals surface area contributed by atoms with Gasteiger partial charge in [0.2, 0.25) is 0 Å². The molecule has 0 amide bonds. The van der Waals surface area contributed by atoms with E-state index in [1.807, 2.05) is 24.3 Å². The number of thioether (sulfide) groups is 1. The summed E-state index contributed by atoms with van der Waals surface area (Å²) in [4.78, 5) is 0.153. The normalized spacial score (nSPS) is 11.6. The molecule has 0 aliphatic carbocycles. The predicted octanol–water partition coefficient (Wildman–Crippen LogP) is 2.09. The zero-order valence-electron chi connectivity index (χ0n) is 7.24. The van der Waals surface area contributed by atoms with E-state index in [1.165, 1.54) is 11.8 Å². The molecule has 0 unspecified atom stereocenters. The first-order valence-corrected chi connectivity index (χ1v) is 4.56. The van der Waals surface area contributed by atoms with Crippen LogP contribution in [0.25, 0.3) is 0 Å². The Kier molecular flexibility index (Phi) is 2.65. The quantitative estimate of drug-likeness (QED) is 0.419. The molecule has 1 aromatic rings. The van der Waals surface area contributed by atoms with Crippen molar-refractivity contribution < 1.29 is 5.11 Å². The van der Waals surface area contributed by atoms with Crippen LogP contribution in [-0.2, 0) is 0 Å². The monoisotopic (exact) mass is 183 g/mol. The number of rotatable bonds is 2. The maximum Gasteiger partial charge on any atom is 0.109 e. The van der Waals surface area contributed by atoms with Crippen molar-refractivity contribution in [1.29, 1.82) is 0 Å². The number of hydrogen-bond acceptors (Lipinski definition) is 3. The molecule has 66 valence electrons. The molecule has 1 rings (SSSR count). The summed E-state index contributed by atoms with van der Waals surface area (Å²) in [6, 6.07) is 7.51. The molecule has 3 heteroatoms. The smallest absolute Gasteiger partial charge is 0.109 e. The molecule has 1 aromatic carbocycles. The molecule has 0 aliphatic heterocycles. The van der Waals surface area contributed by atoms with E-state index >= 15 is 0 Å². The van der Waals surface area contributed by atoms with Gasteiger partial charge in [-0.3, -0.25) is 0 Å². The zero-order valence-corrected chi connectivity index (χ0v) is 8.06. The molecule has 0 atom stereocenters. The van der Waals surface area contributed by atoms with Crippen LogP contribution in [0, 0.1) is 0 Å². The highest BCUT2D eigenvalue weighted by Crippen LogP contribution is 2.33. The summed E-state index contributed by atoms with van der Waals surface area (Å²) in [5, 5.41) is 9.50. The van der Waals surface area contributed by atoms with Crippen molar-refractivity contribution in [3.05, 3.63) is 24.3 Å². The molecule has 3 N–H and O–H groups in total. The molecular weight excluding hydrogens is 170 g/mol. The predicted molar refractivity (Wildman–Crippen MR) is 53.0 cm³/mol. The first kappa shape index (κ1) is 9.42. The molecule has 12 heavy (non-hydrogen) atoms. The average molecular weight is 183 g/mol. The van der Waals surface area contributed by atoms with Crippen LogP contribution in [0.1, 0.15) is 13.8 Å². The van der Waals surface area contributed by atoms with Crippen molar-refractivity contribution in [2.75, 3.05) is 5.73 Å². The van der Waals surface area contributed by atoms with Crippen molar-refractivity contribution in [2.45, 2.75) is 23.7 Å². The van der Waals surface area contributed by atoms with Gasteiger partial charge in [-0.15, -0.1) is 0 Å². The maximum absolute atomic E-state index is 9.50. The second-order valence-corrected chi connectivity index (χ2v) is 4.73. The van der Waals surface area contributed by atoms with Gasteiger partial charge in [-0.25, -0.2) is 0 Å². The average Bonchev–Trinajstić information content (AvgIpc) is 1.91. The van der Waals surface area contributed by atoms with Gasteiger partial charge >= 0.3 is 0 Å². The van der Waals surface area contributed by atoms with Crippen LogP contribution in [0.5, 0.6) is 0 Å². The second-order valence-electron chi connectivity index (χ2n) is 3.09. The van der Waals surface area contributed by atoms with Gasteiger partial charge in [0.05, 0.1) is 0 Å². The standard InChI is InChI=1S/C9H13NOS/c1-9(2,11)12-8-6-4-3-5-7(8)10/h3-6,11H,10H2,1-2H3. The highest BCUT2D eigenvalue weighted by molar-refractivity contribution is 8.00. The Labute approximate surface area is 76.8 Å². The number of nitrogen functional groups attached to an aromatic ring is 1. The molecule has 0 fully saturated rings. The highest BCUT2D eigenvalue weighted by Gasteiger charge is 2.15. The highest BCUT2D eigenvalue weighted by atomic mass is 32.2. The minimum absolute atomic E-state index is 0.713. The summed E-state index contributed by atoms with van der Waals surface area (Å²) >= 11 is 1.36. The van der Waals surface area contributed by atoms with E-state index in [0.717, 1.165) is 4.90 Å². The lowest BCUT2D eigenvalue weighted by atomic mass is 10.3. The Balaban J connectivity index is 2.83. The molecule has 0 aromatic heterocycles. The van der Waals surface area contributed by atoms with Crippen LogP contribution >= 0.6 is 11.8 Å². The van der Waals surface area contributed by atoms with Gasteiger partial charge in [-0.1, -0.05) is 23.9 Å². The third kappa shape index (κ3) is 2.75. The van der Waals surface area contributed by atoms with Crippen molar-refractivity contribution in [3.8, 4) is 0 Å². The summed E-state index contributed by atoms with van der Waals surface area (Å²) in [6.07, 6.45) is 0. The van der Waals surface area contributed by atoms with Crippen LogP contribution in [0.2, 0.25) is 0 Å². The molecule has 0 heterocycles. The van der Waals surface area contributed by atoms with E-state index in [0.29, 0.717) is 5.69 Å². The fourth-order valence-corrected chi connectivity index (χ4v) is 1.71. The van der Waals surface area contributed by atoms with E-state index in [-0.39, 0.29) is 0 Å². The topological polar surface area (TPSA) is 46.2 Å². The van der Waals surface area contributed by atoms with Crippen LogP contribution < -0.4 is 5.73 Å². The Bertz CT molecular complexity index is 267. The zero-order chi connectivity index (χ0) is 9.19. The number of hydrogen-bond donors (Lipinski definition) is 2. The Morgan fingerprint density at radius 1 is 1.33 bits per heavy atom. The molecule has 0 saturated carbocycles. The fraction of sp³-hybridized carbons (Fsp3) is 0.333. The maximum atomic E-state index is 9.50. The van der Waals surface area contributed by atoms with Crippen LogP contribution in [0.15, 0.2) is 29.2 Å². The Morgan fingerprint density at radius 3 is 2.42 bits per heavy atom. The molecule has 0 radical (unpaired) electrons. The van der Waals surface area contributed by atoms with Gasteiger partial charge in [-0.2, -0.15) is 0 Å². The minimum atomic E-state index is -0.768. The summed E-state index contributed by atoms with van der Waals surface area (Å²) < 4.78 is 0. The van der Waals surface area contributed by atoms with Gasteiger partial charge in [0.1, 0.15) is 4.93 Å². The number of nitrogens with two attached hydrogens (primary N) is 1. The van der Waals surface area contributed by atoms with Crippen LogP contribution in [-0.4, -0.2) is 10.0 Å². The summed E-state index contributed by atoms with van der Waals surface area (Å²) in [5.41, 5.74) is 6.41. The van der Waals surface area contributed by atoms with E-state index in [2.05, 4.69) is 0 Å². The fourth-order valence-electron chi connectivity index (χ4n) is 0.843. The van der Waals surface area contributed by atoms with Gasteiger partial charge < -0.3 is 10.8 Å². The van der Waals surface area contributed by atoms with Crippen LogP contribution in [0.3, 0.4) is 0 Å². The van der Waals surface area contributed by atoms with Crippen molar-refractivity contribution in [3.63, 3.8) is 0 Å². The molecular formula is C9H13NOS. The third-order valence-electron chi connectivity index (χ3n) is 1.28. The Morgan fingerprint density at radius 2 is 1.92 bits per heavy atom. The van der Waals surface area contributed by atoms with Gasteiger partial charge in [-0.05, 0) is 26.0 Å². The van der Waals surface area contributed by atoms with Crippen molar-refractivity contribution >= 4 is 17.4 Å². The lowest BCUT2D eigenvalue weighted by molar-refractivity contribution is 0.179. The Hall–Kier alpha value is -0.670. The lowest BCUT2D eigenvalue weighted by Gasteiger charge is -2.17. The number of aliphatic hydroxyl groups is 1. The van der Waals surface area contributed by atoms with E-state index in [9.17, 15) is 5.11 Å². The first-order valence-electron chi connectivity index (χ1n) is 3.75. The summed E-state index contributed by atoms with van der Waals surface area (Å²) in [6.45, 7) is 3.48. The van der Waals surface area contributed by atoms with E-state index in [4.69, 9.17) is 5.73 Å². The van der Waals surface area contributed by atoms with E-state index < -0.39 is 4.93 Å². The molecule has 0 saturated heterocycles. The molecule has 0 aliphatic rings. The third-order valence-corrected chi connectivity index (χ3v) is 2.37. The van der Waals surface area contributed by atoms with Crippen LogP contribution in [0.4, 0.5) is 5.69 Å². The van der Waals surface area contributed by atoms with Crippen molar-refractivity contribution in [1.82, 2.24) is 0 Å². The lowest BCUT2D eigenvalue weighted by Crippen LogP contribution is -2.12. The van der Waals surface area contributed by atoms with Gasteiger partial charge in [0.15, 0.2) is 0 Å². The number of benzene rings is 1. The van der Waals surface area contributed by atoms with Gasteiger partial charge in [0.25, 0.3) is 0 Å². The number of anilines is 1.